The predicted octanol–water partition coefficient (Wildman–Crippen LogP) is 4.14. The Bertz CT molecular complexity index is 247. The molecule has 0 heterocycles. The Kier molecular flexibility index (Phi) is 6.76. The Morgan fingerprint density at radius 3 is 2.13 bits per heavy atom. The van der Waals surface area contributed by atoms with E-state index < -0.39 is 0 Å². The van der Waals surface area contributed by atoms with E-state index in [1.54, 1.807) is 0 Å². The van der Waals surface area contributed by atoms with Crippen molar-refractivity contribution in [2.45, 2.75) is 38.0 Å². The van der Waals surface area contributed by atoms with Gasteiger partial charge in [0.1, 0.15) is 0 Å². The van der Waals surface area contributed by atoms with Crippen molar-refractivity contribution in [1.82, 2.24) is 0 Å². The van der Waals surface area contributed by atoms with Gasteiger partial charge in [0.15, 0.2) is 0 Å². The van der Waals surface area contributed by atoms with Gasteiger partial charge in [-0.2, -0.15) is 25.7 Å². The van der Waals surface area contributed by atoms with Crippen molar-refractivity contribution < 1.29 is 32.7 Å². The van der Waals surface area contributed by atoms with E-state index >= 15 is 0 Å². The van der Waals surface area contributed by atoms with Gasteiger partial charge in [-0.3, -0.25) is 0 Å². The van der Waals surface area contributed by atoms with E-state index in [9.17, 15) is 0 Å². The average Bonchev–Trinajstić information content (AvgIpc) is 2.18. The molecule has 0 amide bonds. The molecule has 79 valence electrons. The molecule has 0 saturated heterocycles. The van der Waals surface area contributed by atoms with Crippen molar-refractivity contribution >= 4 is 0 Å². The normalized spacial score (nSPS) is 18.7. The third kappa shape index (κ3) is 4.37. The summed E-state index contributed by atoms with van der Waals surface area (Å²) in [4.78, 5) is 0. The first-order chi connectivity index (χ1) is 6.97. The zero-order valence-corrected chi connectivity index (χ0v) is 12.1. The molecule has 0 bridgehead atoms. The Hall–Kier alpha value is 0.324. The van der Waals surface area contributed by atoms with E-state index in [0.29, 0.717) is 0 Å². The minimum Gasteiger partial charge on any atom is -0.328 e. The molecule has 2 rings (SSSR count). The number of benzene rings is 1. The molecule has 0 nitrogen and oxygen atoms in total. The van der Waals surface area contributed by atoms with Gasteiger partial charge >= 0.3 is 0 Å². The van der Waals surface area contributed by atoms with Crippen LogP contribution in [0.1, 0.15) is 43.6 Å². The minimum absolute atomic E-state index is 0. The number of rotatable bonds is 1. The maximum atomic E-state index is 2.46. The summed E-state index contributed by atoms with van der Waals surface area (Å²) in [7, 11) is 0. The van der Waals surface area contributed by atoms with Gasteiger partial charge in [-0.05, 0) is 5.56 Å². The van der Waals surface area contributed by atoms with Crippen molar-refractivity contribution in [1.29, 1.82) is 0 Å². The zero-order valence-electron chi connectivity index (χ0n) is 9.23. The summed E-state index contributed by atoms with van der Waals surface area (Å²) in [6, 6.07) is 10.9. The molecule has 15 heavy (non-hydrogen) atoms. The van der Waals surface area contributed by atoms with Crippen LogP contribution in [0.25, 0.3) is 0 Å². The maximum absolute atomic E-state index is 2.46. The van der Waals surface area contributed by atoms with Crippen LogP contribution in [0, 0.1) is 12.8 Å². The topological polar surface area (TPSA) is 0 Å². The second-order valence-electron chi connectivity index (χ2n) is 4.09. The predicted molar refractivity (Wildman–Crippen MR) is 60.9 cm³/mol. The second kappa shape index (κ2) is 7.57. The Labute approximate surface area is 119 Å². The zero-order chi connectivity index (χ0) is 9.64. The van der Waals surface area contributed by atoms with Gasteiger partial charge in [0.25, 0.3) is 0 Å². The molecule has 0 N–H and O–H groups in total. The van der Waals surface area contributed by atoms with E-state index in [1.807, 2.05) is 0 Å². The van der Waals surface area contributed by atoms with Crippen molar-refractivity contribution in [2.75, 3.05) is 0 Å². The molecule has 1 fully saturated rings. The maximum Gasteiger partial charge on any atom is 0 e. The molecule has 1 aliphatic rings. The summed E-state index contributed by atoms with van der Waals surface area (Å²) in [5.41, 5.74) is 1.50. The van der Waals surface area contributed by atoms with Crippen LogP contribution in [0.4, 0.5) is 0 Å². The summed E-state index contributed by atoms with van der Waals surface area (Å²) in [6.45, 7) is 0. The largest absolute Gasteiger partial charge is 0.328 e. The van der Waals surface area contributed by atoms with Crippen LogP contribution >= 0.6 is 0 Å². The summed E-state index contributed by atoms with van der Waals surface area (Å²) in [6.07, 6.45) is 11.4. The molecular weight excluding hydrogens is 257 g/mol. The van der Waals surface area contributed by atoms with Gasteiger partial charge in [0, 0.05) is 32.7 Å². The van der Waals surface area contributed by atoms with Crippen molar-refractivity contribution in [3.63, 3.8) is 0 Å². The molecule has 1 heteroatoms. The fourth-order valence-corrected chi connectivity index (χ4v) is 2.14. The summed E-state index contributed by atoms with van der Waals surface area (Å²) >= 11 is 0. The van der Waals surface area contributed by atoms with Crippen molar-refractivity contribution in [2.24, 2.45) is 0 Å². The van der Waals surface area contributed by atoms with Gasteiger partial charge < -0.3 is 12.8 Å². The molecule has 1 radical (unpaired) electrons. The van der Waals surface area contributed by atoms with Gasteiger partial charge in [0.05, 0.1) is 0 Å². The molecule has 1 aromatic rings. The van der Waals surface area contributed by atoms with Crippen molar-refractivity contribution in [3.05, 3.63) is 48.7 Å². The SMILES string of the molecule is [Y].c1ccc(C2C[CH-]CCC[CH-]C2)cc1. The molecule has 1 aliphatic carbocycles. The third-order valence-corrected chi connectivity index (χ3v) is 2.99. The second-order valence-corrected chi connectivity index (χ2v) is 4.09. The standard InChI is InChI=1S/C14H18.Y/c1-2-5-9-13(10-6-3-1)14-11-7-4-8-12-14;/h4-8,11-13H,1-3,9-10H2;/q-2;. The molecule has 0 aliphatic heterocycles. The van der Waals surface area contributed by atoms with Crippen LogP contribution < -0.4 is 0 Å². The molecule has 0 spiro atoms. The summed E-state index contributed by atoms with van der Waals surface area (Å²) < 4.78 is 0. The first kappa shape index (κ1) is 13.4. The van der Waals surface area contributed by atoms with E-state index in [-0.39, 0.29) is 32.7 Å². The molecular formula is C14H18Y-2. The third-order valence-electron chi connectivity index (χ3n) is 2.99. The van der Waals surface area contributed by atoms with E-state index in [2.05, 4.69) is 43.2 Å². The fourth-order valence-electron chi connectivity index (χ4n) is 2.14. The van der Waals surface area contributed by atoms with E-state index in [1.165, 1.54) is 37.7 Å². The molecule has 0 unspecified atom stereocenters. The molecule has 0 atom stereocenters. The fraction of sp³-hybridized carbons (Fsp3) is 0.429. The quantitative estimate of drug-likeness (QED) is 0.676. The van der Waals surface area contributed by atoms with Crippen LogP contribution in [-0.4, -0.2) is 0 Å². The van der Waals surface area contributed by atoms with Gasteiger partial charge in [-0.15, -0.1) is 6.42 Å². The summed E-state index contributed by atoms with van der Waals surface area (Å²) in [5.74, 6) is 0.733. The van der Waals surface area contributed by atoms with Crippen LogP contribution in [0.15, 0.2) is 30.3 Å². The number of hydrogen-bond donors (Lipinski definition) is 0. The molecule has 1 saturated carbocycles. The van der Waals surface area contributed by atoms with Gasteiger partial charge in [-0.1, -0.05) is 36.2 Å². The van der Waals surface area contributed by atoms with Crippen LogP contribution in [0.3, 0.4) is 0 Å². The first-order valence-corrected chi connectivity index (χ1v) is 5.65. The Morgan fingerprint density at radius 2 is 1.53 bits per heavy atom. The summed E-state index contributed by atoms with van der Waals surface area (Å²) in [5, 5.41) is 0. The molecule has 1 aromatic carbocycles. The van der Waals surface area contributed by atoms with Crippen LogP contribution in [0.2, 0.25) is 0 Å². The minimum atomic E-state index is 0. The van der Waals surface area contributed by atoms with Crippen LogP contribution in [0.5, 0.6) is 0 Å². The van der Waals surface area contributed by atoms with Crippen LogP contribution in [-0.2, 0) is 32.7 Å². The van der Waals surface area contributed by atoms with Crippen molar-refractivity contribution in [3.8, 4) is 0 Å². The smallest absolute Gasteiger partial charge is 0 e. The first-order valence-electron chi connectivity index (χ1n) is 5.65. The molecule has 0 aromatic heterocycles. The van der Waals surface area contributed by atoms with E-state index in [4.69, 9.17) is 0 Å². The average molecular weight is 275 g/mol. The Morgan fingerprint density at radius 1 is 0.933 bits per heavy atom. The van der Waals surface area contributed by atoms with E-state index in [0.717, 1.165) is 5.92 Å². The Balaban J connectivity index is 0.00000112. The number of hydrogen-bond acceptors (Lipinski definition) is 0. The van der Waals surface area contributed by atoms with Gasteiger partial charge in [-0.25, -0.2) is 0 Å². The monoisotopic (exact) mass is 275 g/mol. The van der Waals surface area contributed by atoms with Gasteiger partial charge in [0.2, 0.25) is 0 Å².